The summed E-state index contributed by atoms with van der Waals surface area (Å²) in [5.41, 5.74) is 1.77. The van der Waals surface area contributed by atoms with Crippen molar-refractivity contribution in [2.24, 2.45) is 5.92 Å². The highest BCUT2D eigenvalue weighted by Crippen LogP contribution is 2.26. The molecule has 2 aliphatic heterocycles. The van der Waals surface area contributed by atoms with Crippen LogP contribution in [0.15, 0.2) is 30.5 Å². The molecule has 154 valence electrons. The van der Waals surface area contributed by atoms with E-state index in [1.807, 2.05) is 35.4 Å². The third-order valence-corrected chi connectivity index (χ3v) is 6.82. The Morgan fingerprint density at radius 1 is 1.00 bits per heavy atom. The van der Waals surface area contributed by atoms with Crippen LogP contribution in [0.2, 0.25) is 0 Å². The molecule has 3 fully saturated rings. The number of likely N-dealkylation sites (tertiary alicyclic amines) is 2. The average molecular weight is 395 g/mol. The molecule has 6 nitrogen and oxygen atoms in total. The molecule has 2 saturated heterocycles. The molecule has 2 aromatic rings. The first-order valence-electron chi connectivity index (χ1n) is 11.1. The van der Waals surface area contributed by atoms with Crippen molar-refractivity contribution in [1.29, 1.82) is 0 Å². The highest BCUT2D eigenvalue weighted by atomic mass is 16.2. The minimum atomic E-state index is 0.125. The minimum Gasteiger partial charge on any atom is -0.361 e. The molecule has 29 heavy (non-hydrogen) atoms. The van der Waals surface area contributed by atoms with Crippen molar-refractivity contribution < 1.29 is 9.59 Å². The molecule has 0 unspecified atom stereocenters. The number of rotatable bonds is 4. The van der Waals surface area contributed by atoms with Crippen LogP contribution in [0.5, 0.6) is 0 Å². The van der Waals surface area contributed by atoms with Gasteiger partial charge in [0.25, 0.3) is 5.91 Å². The summed E-state index contributed by atoms with van der Waals surface area (Å²) < 4.78 is 0. The third kappa shape index (κ3) is 4.04. The Balaban J connectivity index is 1.16. The van der Waals surface area contributed by atoms with E-state index in [9.17, 15) is 9.59 Å². The van der Waals surface area contributed by atoms with Gasteiger partial charge in [0, 0.05) is 49.0 Å². The number of piperidine rings is 2. The quantitative estimate of drug-likeness (QED) is 0.838. The third-order valence-electron chi connectivity index (χ3n) is 6.82. The van der Waals surface area contributed by atoms with Crippen LogP contribution in [0.1, 0.15) is 48.9 Å². The van der Waals surface area contributed by atoms with Gasteiger partial charge in [0.05, 0.1) is 5.92 Å². The molecular weight excluding hydrogens is 364 g/mol. The molecule has 0 bridgehead atoms. The standard InChI is InChI=1S/C23H30N4O2/c28-22(25-19-5-6-19)18-2-1-11-27(15-18)20-8-12-26(13-9-20)23(29)17-4-3-16-7-10-24-21(16)14-17/h3-4,7,10,14,18-20,24H,1-2,5-6,8-9,11-13,15H2,(H,25,28)/t18-/m0/s1. The Kier molecular flexibility index (Phi) is 5.04. The van der Waals surface area contributed by atoms with Crippen LogP contribution < -0.4 is 5.32 Å². The van der Waals surface area contributed by atoms with Crippen LogP contribution in [0.25, 0.3) is 10.9 Å². The lowest BCUT2D eigenvalue weighted by Crippen LogP contribution is -2.51. The molecule has 0 spiro atoms. The van der Waals surface area contributed by atoms with Gasteiger partial charge in [-0.3, -0.25) is 14.5 Å². The van der Waals surface area contributed by atoms with Crippen LogP contribution in [0.4, 0.5) is 0 Å². The summed E-state index contributed by atoms with van der Waals surface area (Å²) in [4.78, 5) is 33.1. The van der Waals surface area contributed by atoms with Crippen LogP contribution in [-0.2, 0) is 4.79 Å². The maximum Gasteiger partial charge on any atom is 0.253 e. The molecule has 3 aliphatic rings. The molecule has 1 aromatic carbocycles. The second-order valence-electron chi connectivity index (χ2n) is 8.92. The SMILES string of the molecule is O=C(NC1CC1)[C@H]1CCCN(C2CCN(C(=O)c3ccc4cc[nH]c4c3)CC2)C1. The first-order valence-corrected chi connectivity index (χ1v) is 11.1. The summed E-state index contributed by atoms with van der Waals surface area (Å²) in [5, 5.41) is 4.31. The van der Waals surface area contributed by atoms with Crippen molar-refractivity contribution in [3.8, 4) is 0 Å². The fraction of sp³-hybridized carbons (Fsp3) is 0.565. The number of carbonyl (C=O) groups excluding carboxylic acids is 2. The minimum absolute atomic E-state index is 0.125. The van der Waals surface area contributed by atoms with Crippen molar-refractivity contribution in [3.05, 3.63) is 36.0 Å². The zero-order valence-corrected chi connectivity index (χ0v) is 16.9. The molecule has 6 heteroatoms. The lowest BCUT2D eigenvalue weighted by atomic mass is 9.93. The van der Waals surface area contributed by atoms with Crippen molar-refractivity contribution in [2.75, 3.05) is 26.2 Å². The number of nitrogens with one attached hydrogen (secondary N) is 2. The van der Waals surface area contributed by atoms with Gasteiger partial charge in [0.15, 0.2) is 0 Å². The summed E-state index contributed by atoms with van der Waals surface area (Å²) in [7, 11) is 0. The number of carbonyl (C=O) groups is 2. The summed E-state index contributed by atoms with van der Waals surface area (Å²) in [6, 6.07) is 8.84. The fourth-order valence-electron chi connectivity index (χ4n) is 4.90. The molecule has 5 rings (SSSR count). The lowest BCUT2D eigenvalue weighted by Gasteiger charge is -2.42. The largest absolute Gasteiger partial charge is 0.361 e. The summed E-state index contributed by atoms with van der Waals surface area (Å²) in [6.45, 7) is 3.54. The van der Waals surface area contributed by atoms with Gasteiger partial charge in [-0.2, -0.15) is 0 Å². The van der Waals surface area contributed by atoms with E-state index in [2.05, 4.69) is 15.2 Å². The van der Waals surface area contributed by atoms with Gasteiger partial charge >= 0.3 is 0 Å². The molecule has 1 aromatic heterocycles. The van der Waals surface area contributed by atoms with Crippen molar-refractivity contribution in [3.63, 3.8) is 0 Å². The van der Waals surface area contributed by atoms with Crippen molar-refractivity contribution >= 4 is 22.7 Å². The molecule has 2 amide bonds. The normalized spacial score (nSPS) is 24.0. The number of amides is 2. The first kappa shape index (κ1) is 18.7. The maximum absolute atomic E-state index is 12.9. The van der Waals surface area contributed by atoms with Gasteiger partial charge in [0.2, 0.25) is 5.91 Å². The number of H-pyrrole nitrogens is 1. The number of aromatic nitrogens is 1. The highest BCUT2D eigenvalue weighted by Gasteiger charge is 2.34. The van der Waals surface area contributed by atoms with E-state index < -0.39 is 0 Å². The van der Waals surface area contributed by atoms with Crippen LogP contribution in [0.3, 0.4) is 0 Å². The molecular formula is C23H30N4O2. The Morgan fingerprint density at radius 3 is 2.62 bits per heavy atom. The van der Waals surface area contributed by atoms with Gasteiger partial charge in [-0.05, 0) is 68.7 Å². The van der Waals surface area contributed by atoms with E-state index in [1.54, 1.807) is 0 Å². The van der Waals surface area contributed by atoms with E-state index in [1.165, 1.54) is 0 Å². The number of benzene rings is 1. The Hall–Kier alpha value is -2.34. The second-order valence-corrected chi connectivity index (χ2v) is 8.92. The first-order chi connectivity index (χ1) is 14.2. The van der Waals surface area contributed by atoms with Gasteiger partial charge in [0.1, 0.15) is 0 Å². The van der Waals surface area contributed by atoms with Crippen molar-refractivity contribution in [1.82, 2.24) is 20.1 Å². The van der Waals surface area contributed by atoms with Gasteiger partial charge in [-0.1, -0.05) is 6.07 Å². The zero-order chi connectivity index (χ0) is 19.8. The molecule has 1 aliphatic carbocycles. The van der Waals surface area contributed by atoms with Crippen LogP contribution in [0, 0.1) is 5.92 Å². The van der Waals surface area contributed by atoms with E-state index in [4.69, 9.17) is 0 Å². The summed E-state index contributed by atoms with van der Waals surface area (Å²) in [6.07, 6.45) is 8.28. The number of hydrogen-bond donors (Lipinski definition) is 2. The number of aromatic amines is 1. The van der Waals surface area contributed by atoms with Crippen molar-refractivity contribution in [2.45, 2.75) is 50.6 Å². The van der Waals surface area contributed by atoms with Gasteiger partial charge in [-0.25, -0.2) is 0 Å². The number of fused-ring (bicyclic) bond motifs is 1. The molecule has 2 N–H and O–H groups in total. The molecule has 1 saturated carbocycles. The Morgan fingerprint density at radius 2 is 1.83 bits per heavy atom. The smallest absolute Gasteiger partial charge is 0.253 e. The Labute approximate surface area is 171 Å². The lowest BCUT2D eigenvalue weighted by molar-refractivity contribution is -0.127. The summed E-state index contributed by atoms with van der Waals surface area (Å²) >= 11 is 0. The Bertz CT molecular complexity index is 895. The van der Waals surface area contributed by atoms with Crippen LogP contribution in [-0.4, -0.2) is 64.9 Å². The number of hydrogen-bond acceptors (Lipinski definition) is 3. The monoisotopic (exact) mass is 394 g/mol. The summed E-state index contributed by atoms with van der Waals surface area (Å²) in [5.74, 6) is 0.515. The topological polar surface area (TPSA) is 68.4 Å². The van der Waals surface area contributed by atoms with Crippen LogP contribution >= 0.6 is 0 Å². The highest BCUT2D eigenvalue weighted by molar-refractivity contribution is 5.98. The fourth-order valence-corrected chi connectivity index (χ4v) is 4.90. The molecule has 1 atom stereocenters. The average Bonchev–Trinajstić information content (AvgIpc) is 3.46. The van der Waals surface area contributed by atoms with Gasteiger partial charge < -0.3 is 15.2 Å². The molecule has 0 radical (unpaired) electrons. The maximum atomic E-state index is 12.9. The zero-order valence-electron chi connectivity index (χ0n) is 16.9. The van der Waals surface area contributed by atoms with E-state index >= 15 is 0 Å². The van der Waals surface area contributed by atoms with Gasteiger partial charge in [-0.15, -0.1) is 0 Å². The second kappa shape index (κ2) is 7.82. The van der Waals surface area contributed by atoms with E-state index in [0.29, 0.717) is 12.1 Å². The van der Waals surface area contributed by atoms with E-state index in [0.717, 1.165) is 81.2 Å². The van der Waals surface area contributed by atoms with E-state index in [-0.39, 0.29) is 17.7 Å². The number of nitrogens with zero attached hydrogens (tertiary/aromatic N) is 2. The molecule has 3 heterocycles. The predicted molar refractivity (Wildman–Crippen MR) is 113 cm³/mol. The predicted octanol–water partition coefficient (Wildman–Crippen LogP) is 2.76.